The summed E-state index contributed by atoms with van der Waals surface area (Å²) < 4.78 is 1.86. The number of rotatable bonds is 2. The molecule has 2 aromatic heterocycles. The first-order valence-corrected chi connectivity index (χ1v) is 4.96. The third kappa shape index (κ3) is 1.46. The number of hydrogen-bond acceptors (Lipinski definition) is 3. The first-order chi connectivity index (χ1) is 6.72. The van der Waals surface area contributed by atoms with Crippen molar-refractivity contribution >= 4 is 22.6 Å². The molecule has 5 heteroatoms. The van der Waals surface area contributed by atoms with Gasteiger partial charge in [-0.3, -0.25) is 0 Å². The van der Waals surface area contributed by atoms with E-state index in [0.717, 1.165) is 24.0 Å². The molecule has 0 radical (unpaired) electrons. The molecule has 0 aliphatic rings. The van der Waals surface area contributed by atoms with Crippen molar-refractivity contribution in [3.05, 3.63) is 17.2 Å². The molecule has 0 aliphatic carbocycles. The number of nitrogens with zero attached hydrogens (tertiary/aromatic N) is 4. The molecular formula is C9H11ClN4. The van der Waals surface area contributed by atoms with Gasteiger partial charge in [-0.15, -0.1) is 0 Å². The molecule has 0 unspecified atom stereocenters. The lowest BCUT2D eigenvalue weighted by Crippen LogP contribution is -2.01. The molecular weight excluding hydrogens is 200 g/mol. The Morgan fingerprint density at radius 2 is 2.21 bits per heavy atom. The molecule has 2 heterocycles. The predicted molar refractivity (Wildman–Crippen MR) is 55.4 cm³/mol. The number of aromatic nitrogens is 4. The van der Waals surface area contributed by atoms with E-state index in [1.165, 1.54) is 0 Å². The van der Waals surface area contributed by atoms with Crippen LogP contribution in [0.3, 0.4) is 0 Å². The molecule has 14 heavy (non-hydrogen) atoms. The van der Waals surface area contributed by atoms with E-state index in [1.54, 1.807) is 6.20 Å². The lowest BCUT2D eigenvalue weighted by Gasteiger charge is -2.00. The summed E-state index contributed by atoms with van der Waals surface area (Å²) in [5, 5.41) is 5.52. The van der Waals surface area contributed by atoms with Gasteiger partial charge in [-0.05, 0) is 13.3 Å². The molecule has 0 aromatic carbocycles. The highest BCUT2D eigenvalue weighted by Crippen LogP contribution is 2.19. The van der Waals surface area contributed by atoms with E-state index in [9.17, 15) is 0 Å². The average Bonchev–Trinajstić information content (AvgIpc) is 2.49. The SMILES string of the molecule is CCCn1ncc2c(Cl)nc(C)nc21. The molecule has 0 N–H and O–H groups in total. The number of hydrogen-bond donors (Lipinski definition) is 0. The Labute approximate surface area is 86.9 Å². The predicted octanol–water partition coefficient (Wildman–Crippen LogP) is 2.20. The zero-order chi connectivity index (χ0) is 10.1. The van der Waals surface area contributed by atoms with E-state index in [1.807, 2.05) is 11.6 Å². The maximum atomic E-state index is 5.97. The van der Waals surface area contributed by atoms with Crippen LogP contribution >= 0.6 is 11.6 Å². The van der Waals surface area contributed by atoms with Crippen LogP contribution in [0.5, 0.6) is 0 Å². The molecule has 0 amide bonds. The Hall–Kier alpha value is -1.16. The second-order valence-electron chi connectivity index (χ2n) is 3.17. The highest BCUT2D eigenvalue weighted by molar-refractivity contribution is 6.33. The molecule has 0 saturated heterocycles. The van der Waals surface area contributed by atoms with Gasteiger partial charge in [-0.2, -0.15) is 5.10 Å². The van der Waals surface area contributed by atoms with Gasteiger partial charge in [0.15, 0.2) is 5.65 Å². The Morgan fingerprint density at radius 3 is 2.93 bits per heavy atom. The number of aryl methyl sites for hydroxylation is 2. The lowest BCUT2D eigenvalue weighted by molar-refractivity contribution is 0.616. The molecule has 0 fully saturated rings. The van der Waals surface area contributed by atoms with Gasteiger partial charge in [-0.1, -0.05) is 18.5 Å². The summed E-state index contributed by atoms with van der Waals surface area (Å²) in [7, 11) is 0. The van der Waals surface area contributed by atoms with Gasteiger partial charge in [0, 0.05) is 6.54 Å². The van der Waals surface area contributed by atoms with Gasteiger partial charge in [0.05, 0.1) is 11.6 Å². The summed E-state index contributed by atoms with van der Waals surface area (Å²) in [6.07, 6.45) is 2.74. The van der Waals surface area contributed by atoms with Crippen molar-refractivity contribution in [2.45, 2.75) is 26.8 Å². The Balaban J connectivity index is 2.66. The highest BCUT2D eigenvalue weighted by atomic mass is 35.5. The van der Waals surface area contributed by atoms with Crippen molar-refractivity contribution in [3.63, 3.8) is 0 Å². The van der Waals surface area contributed by atoms with Gasteiger partial charge in [0.25, 0.3) is 0 Å². The van der Waals surface area contributed by atoms with Gasteiger partial charge in [-0.25, -0.2) is 14.6 Å². The Kier molecular flexibility index (Phi) is 2.37. The van der Waals surface area contributed by atoms with Gasteiger partial charge in [0.2, 0.25) is 0 Å². The zero-order valence-electron chi connectivity index (χ0n) is 8.16. The molecule has 0 spiro atoms. The quantitative estimate of drug-likeness (QED) is 0.714. The second kappa shape index (κ2) is 3.53. The Morgan fingerprint density at radius 1 is 1.43 bits per heavy atom. The molecule has 0 bridgehead atoms. The monoisotopic (exact) mass is 210 g/mol. The van der Waals surface area contributed by atoms with Crippen LogP contribution in [0.1, 0.15) is 19.2 Å². The van der Waals surface area contributed by atoms with Crippen LogP contribution in [0.25, 0.3) is 11.0 Å². The van der Waals surface area contributed by atoms with Gasteiger partial charge in [0.1, 0.15) is 11.0 Å². The fourth-order valence-corrected chi connectivity index (χ4v) is 1.65. The van der Waals surface area contributed by atoms with Crippen LogP contribution in [0.2, 0.25) is 5.15 Å². The van der Waals surface area contributed by atoms with E-state index in [0.29, 0.717) is 11.0 Å². The zero-order valence-corrected chi connectivity index (χ0v) is 8.91. The molecule has 0 saturated carbocycles. The average molecular weight is 211 g/mol. The third-order valence-corrected chi connectivity index (χ3v) is 2.29. The van der Waals surface area contributed by atoms with Crippen molar-refractivity contribution in [2.75, 3.05) is 0 Å². The second-order valence-corrected chi connectivity index (χ2v) is 3.52. The summed E-state index contributed by atoms with van der Waals surface area (Å²) in [6.45, 7) is 4.79. The van der Waals surface area contributed by atoms with E-state index < -0.39 is 0 Å². The maximum Gasteiger partial charge on any atom is 0.163 e. The van der Waals surface area contributed by atoms with E-state index in [-0.39, 0.29) is 0 Å². The molecule has 0 aliphatic heterocycles. The van der Waals surface area contributed by atoms with Crippen LogP contribution in [-0.4, -0.2) is 19.7 Å². The van der Waals surface area contributed by atoms with Crippen LogP contribution in [0.15, 0.2) is 6.20 Å². The number of fused-ring (bicyclic) bond motifs is 1. The summed E-state index contributed by atoms with van der Waals surface area (Å²) >= 11 is 5.97. The van der Waals surface area contributed by atoms with Crippen molar-refractivity contribution in [1.82, 2.24) is 19.7 Å². The minimum atomic E-state index is 0.481. The molecule has 4 nitrogen and oxygen atoms in total. The molecule has 2 aromatic rings. The minimum Gasteiger partial charge on any atom is -0.247 e. The van der Waals surface area contributed by atoms with Crippen LogP contribution < -0.4 is 0 Å². The fraction of sp³-hybridized carbons (Fsp3) is 0.444. The Bertz CT molecular complexity index is 463. The maximum absolute atomic E-state index is 5.97. The van der Waals surface area contributed by atoms with Crippen molar-refractivity contribution in [1.29, 1.82) is 0 Å². The topological polar surface area (TPSA) is 43.6 Å². The molecule has 2 rings (SSSR count). The minimum absolute atomic E-state index is 0.481. The smallest absolute Gasteiger partial charge is 0.163 e. The standard InChI is InChI=1S/C9H11ClN4/c1-3-4-14-9-7(5-11-14)8(10)12-6(2)13-9/h5H,3-4H2,1-2H3. The van der Waals surface area contributed by atoms with Gasteiger partial charge < -0.3 is 0 Å². The van der Waals surface area contributed by atoms with Crippen molar-refractivity contribution in [2.24, 2.45) is 0 Å². The highest BCUT2D eigenvalue weighted by Gasteiger charge is 2.08. The first kappa shape index (κ1) is 9.40. The van der Waals surface area contributed by atoms with E-state index in [2.05, 4.69) is 22.0 Å². The summed E-state index contributed by atoms with van der Waals surface area (Å²) in [5.41, 5.74) is 0.823. The van der Waals surface area contributed by atoms with Gasteiger partial charge >= 0.3 is 0 Å². The fourth-order valence-electron chi connectivity index (χ4n) is 1.40. The number of halogens is 1. The third-order valence-electron chi connectivity index (χ3n) is 2.00. The van der Waals surface area contributed by atoms with Crippen LogP contribution in [0.4, 0.5) is 0 Å². The normalized spacial score (nSPS) is 11.1. The van der Waals surface area contributed by atoms with Crippen LogP contribution in [-0.2, 0) is 6.54 Å². The first-order valence-electron chi connectivity index (χ1n) is 4.58. The summed E-state index contributed by atoms with van der Waals surface area (Å²) in [5.74, 6) is 0.681. The molecule has 0 atom stereocenters. The summed E-state index contributed by atoms with van der Waals surface area (Å²) in [6, 6.07) is 0. The van der Waals surface area contributed by atoms with E-state index >= 15 is 0 Å². The lowest BCUT2D eigenvalue weighted by atomic mass is 10.4. The molecule has 74 valence electrons. The van der Waals surface area contributed by atoms with E-state index in [4.69, 9.17) is 11.6 Å². The van der Waals surface area contributed by atoms with Crippen LogP contribution in [0, 0.1) is 6.92 Å². The van der Waals surface area contributed by atoms with Crippen molar-refractivity contribution in [3.8, 4) is 0 Å². The largest absolute Gasteiger partial charge is 0.247 e. The summed E-state index contributed by atoms with van der Waals surface area (Å²) in [4.78, 5) is 8.40. The van der Waals surface area contributed by atoms with Crippen molar-refractivity contribution < 1.29 is 0 Å².